The summed E-state index contributed by atoms with van der Waals surface area (Å²) in [5, 5.41) is 19.8. The number of Topliss-reactive ketones (excluding diaryl/α,β-unsaturated/α-hetero) is 1. The highest BCUT2D eigenvalue weighted by Crippen LogP contribution is 2.70. The molecule has 166 valence electrons. The third-order valence-corrected chi connectivity index (χ3v) is 10.5. The lowest BCUT2D eigenvalue weighted by Crippen LogP contribution is -2.51. The zero-order chi connectivity index (χ0) is 21.4. The molecule has 0 amide bonds. The van der Waals surface area contributed by atoms with Crippen LogP contribution in [-0.2, 0) is 4.79 Å². The molecule has 0 spiro atoms. The van der Waals surface area contributed by atoms with Crippen molar-refractivity contribution in [3.05, 3.63) is 22.8 Å². The molecule has 3 nitrogen and oxygen atoms in total. The topological polar surface area (TPSA) is 57.5 Å². The lowest BCUT2D eigenvalue weighted by Gasteiger charge is -2.58. The number of ketones is 1. The fourth-order valence-corrected chi connectivity index (χ4v) is 8.93. The zero-order valence-corrected chi connectivity index (χ0v) is 19.3. The van der Waals surface area contributed by atoms with Gasteiger partial charge in [-0.15, -0.1) is 0 Å². The molecule has 30 heavy (non-hydrogen) atoms. The summed E-state index contributed by atoms with van der Waals surface area (Å²) in [6.07, 6.45) is 10.8. The molecule has 5 aliphatic rings. The lowest BCUT2D eigenvalue weighted by atomic mass is 9.47. The Bertz CT molecular complexity index is 809. The van der Waals surface area contributed by atoms with Gasteiger partial charge in [-0.05, 0) is 97.4 Å². The maximum atomic E-state index is 13.2. The maximum absolute atomic E-state index is 13.2. The van der Waals surface area contributed by atoms with Crippen molar-refractivity contribution in [1.82, 2.24) is 0 Å². The van der Waals surface area contributed by atoms with Crippen molar-refractivity contribution in [2.45, 2.75) is 85.2 Å². The molecule has 0 aliphatic heterocycles. The van der Waals surface area contributed by atoms with Crippen LogP contribution in [0.5, 0.6) is 0 Å². The Balaban J connectivity index is 1.51. The van der Waals surface area contributed by atoms with Crippen LogP contribution < -0.4 is 0 Å². The van der Waals surface area contributed by atoms with E-state index in [-0.39, 0.29) is 35.4 Å². The first-order valence-corrected chi connectivity index (χ1v) is 12.4. The van der Waals surface area contributed by atoms with Crippen LogP contribution in [0.3, 0.4) is 0 Å². The van der Waals surface area contributed by atoms with E-state index in [1.807, 2.05) is 0 Å². The number of aliphatic hydroxyl groups is 2. The summed E-state index contributed by atoms with van der Waals surface area (Å²) in [6.45, 7) is 9.38. The maximum Gasteiger partial charge on any atom is 0.162 e. The highest BCUT2D eigenvalue weighted by atomic mass is 16.3. The van der Waals surface area contributed by atoms with Crippen LogP contribution in [0.15, 0.2) is 22.8 Å². The number of fused-ring (bicyclic) bond motifs is 7. The molecule has 0 bridgehead atoms. The molecule has 0 aromatic rings. The van der Waals surface area contributed by atoms with E-state index in [2.05, 4.69) is 33.8 Å². The molecule has 0 aromatic carbocycles. The minimum atomic E-state index is -0.145. The normalized spacial score (nSPS) is 48.6. The van der Waals surface area contributed by atoms with Crippen molar-refractivity contribution in [1.29, 1.82) is 0 Å². The number of allylic oxidation sites excluding steroid dienone is 3. The molecule has 0 aromatic heterocycles. The lowest BCUT2D eigenvalue weighted by molar-refractivity contribution is -0.121. The van der Waals surface area contributed by atoms with Crippen LogP contribution in [0.2, 0.25) is 0 Å². The van der Waals surface area contributed by atoms with E-state index in [4.69, 9.17) is 0 Å². The van der Waals surface area contributed by atoms with Gasteiger partial charge in [0.15, 0.2) is 5.78 Å². The third kappa shape index (κ3) is 2.73. The molecule has 1 unspecified atom stereocenters. The van der Waals surface area contributed by atoms with Gasteiger partial charge in [0, 0.05) is 12.5 Å². The average molecular weight is 413 g/mol. The fraction of sp³-hybridized carbons (Fsp3) is 0.815. The van der Waals surface area contributed by atoms with Crippen LogP contribution in [0.4, 0.5) is 0 Å². The summed E-state index contributed by atoms with van der Waals surface area (Å²) >= 11 is 0. The Morgan fingerprint density at radius 3 is 2.67 bits per heavy atom. The summed E-state index contributed by atoms with van der Waals surface area (Å²) in [6, 6.07) is 0. The van der Waals surface area contributed by atoms with E-state index in [0.717, 1.165) is 50.0 Å². The molecule has 9 atom stereocenters. The predicted molar refractivity (Wildman–Crippen MR) is 119 cm³/mol. The standard InChI is InChI=1S/C27H40O3/c1-15(14-28)11-21-20-13-23-19-6-5-17-12-18(29)7-9-26(17,3)22(19)8-10-27(23,4)24(20)16(2)25(21)30/h5,15-16,18-19,22-24,28-29H,6-14H2,1-4H3/t15?,16-,18-,19+,22-,23-,24-,26-,27-/m0/s1. The summed E-state index contributed by atoms with van der Waals surface area (Å²) in [4.78, 5) is 13.2. The number of aliphatic hydroxyl groups excluding tert-OH is 2. The number of rotatable bonds is 3. The Labute approximate surface area is 182 Å². The first-order chi connectivity index (χ1) is 14.2. The zero-order valence-electron chi connectivity index (χ0n) is 19.3. The highest BCUT2D eigenvalue weighted by Gasteiger charge is 2.63. The van der Waals surface area contributed by atoms with E-state index in [1.54, 1.807) is 0 Å². The van der Waals surface area contributed by atoms with Gasteiger partial charge >= 0.3 is 0 Å². The van der Waals surface area contributed by atoms with Gasteiger partial charge in [0.05, 0.1) is 6.10 Å². The molecule has 3 saturated carbocycles. The van der Waals surface area contributed by atoms with Gasteiger partial charge in [-0.3, -0.25) is 4.79 Å². The molecule has 0 saturated heterocycles. The summed E-state index contributed by atoms with van der Waals surface area (Å²) in [5.74, 6) is 3.19. The van der Waals surface area contributed by atoms with Gasteiger partial charge in [-0.2, -0.15) is 0 Å². The summed E-state index contributed by atoms with van der Waals surface area (Å²) < 4.78 is 0. The first kappa shape index (κ1) is 20.9. The summed E-state index contributed by atoms with van der Waals surface area (Å²) in [5.41, 5.74) is 4.60. The number of carbonyl (C=O) groups excluding carboxylic acids is 1. The number of hydrogen-bond acceptors (Lipinski definition) is 3. The molecule has 0 radical (unpaired) electrons. The SMILES string of the molecule is CC(CO)CC1=C2C[C@H]3[C@@H]4CC=C5C[C@@H](O)CC[C@]5(C)[C@H]4CC[C@]3(C)[C@H]2[C@H](C)C1=O. The Hall–Kier alpha value is -0.930. The molecule has 2 N–H and O–H groups in total. The van der Waals surface area contributed by atoms with Gasteiger partial charge in [0.1, 0.15) is 0 Å². The van der Waals surface area contributed by atoms with Gasteiger partial charge < -0.3 is 10.2 Å². The monoisotopic (exact) mass is 412 g/mol. The molecule has 0 heterocycles. The smallest absolute Gasteiger partial charge is 0.162 e. The third-order valence-electron chi connectivity index (χ3n) is 10.5. The van der Waals surface area contributed by atoms with Crippen LogP contribution in [0.25, 0.3) is 0 Å². The van der Waals surface area contributed by atoms with Crippen molar-refractivity contribution >= 4 is 5.78 Å². The highest BCUT2D eigenvalue weighted by molar-refractivity contribution is 6.01. The number of carbonyl (C=O) groups is 1. The predicted octanol–water partition coefficient (Wildman–Crippen LogP) is 5.07. The molecular formula is C27H40O3. The van der Waals surface area contributed by atoms with Crippen LogP contribution in [0.1, 0.15) is 79.1 Å². The Morgan fingerprint density at radius 2 is 1.93 bits per heavy atom. The second kappa shape index (κ2) is 7.04. The van der Waals surface area contributed by atoms with E-state index in [1.165, 1.54) is 24.0 Å². The largest absolute Gasteiger partial charge is 0.396 e. The van der Waals surface area contributed by atoms with E-state index in [9.17, 15) is 15.0 Å². The van der Waals surface area contributed by atoms with Crippen molar-refractivity contribution in [3.63, 3.8) is 0 Å². The van der Waals surface area contributed by atoms with Gasteiger partial charge in [0.2, 0.25) is 0 Å². The number of hydrogen-bond donors (Lipinski definition) is 2. The second-order valence-corrected chi connectivity index (χ2v) is 12.0. The van der Waals surface area contributed by atoms with Crippen molar-refractivity contribution in [2.24, 2.45) is 46.3 Å². The minimum absolute atomic E-state index is 0.113. The minimum Gasteiger partial charge on any atom is -0.396 e. The molecule has 5 rings (SSSR count). The average Bonchev–Trinajstić information content (AvgIpc) is 3.15. The van der Waals surface area contributed by atoms with Crippen molar-refractivity contribution in [3.8, 4) is 0 Å². The fourth-order valence-electron chi connectivity index (χ4n) is 8.93. The first-order valence-electron chi connectivity index (χ1n) is 12.4. The van der Waals surface area contributed by atoms with Crippen molar-refractivity contribution in [2.75, 3.05) is 6.61 Å². The quantitative estimate of drug-likeness (QED) is 0.636. The van der Waals surface area contributed by atoms with Crippen LogP contribution in [-0.4, -0.2) is 28.7 Å². The van der Waals surface area contributed by atoms with E-state index < -0.39 is 0 Å². The Morgan fingerprint density at radius 1 is 1.17 bits per heavy atom. The van der Waals surface area contributed by atoms with Crippen LogP contribution >= 0.6 is 0 Å². The second-order valence-electron chi connectivity index (χ2n) is 12.0. The molecule has 3 heteroatoms. The molecular weight excluding hydrogens is 372 g/mol. The van der Waals surface area contributed by atoms with Gasteiger partial charge in [-0.25, -0.2) is 0 Å². The molecule has 3 fully saturated rings. The van der Waals surface area contributed by atoms with Gasteiger partial charge in [-0.1, -0.05) is 44.9 Å². The van der Waals surface area contributed by atoms with E-state index >= 15 is 0 Å². The molecule has 5 aliphatic carbocycles. The van der Waals surface area contributed by atoms with Crippen molar-refractivity contribution < 1.29 is 15.0 Å². The Kier molecular flexibility index (Phi) is 4.91. The van der Waals surface area contributed by atoms with Gasteiger partial charge in [0.25, 0.3) is 0 Å². The van der Waals surface area contributed by atoms with Crippen LogP contribution in [0, 0.1) is 46.3 Å². The van der Waals surface area contributed by atoms with E-state index in [0.29, 0.717) is 23.5 Å². The summed E-state index contributed by atoms with van der Waals surface area (Å²) in [7, 11) is 0.